The van der Waals surface area contributed by atoms with Crippen LogP contribution in [0.1, 0.15) is 26.2 Å². The van der Waals surface area contributed by atoms with Crippen LogP contribution in [0.15, 0.2) is 0 Å². The summed E-state index contributed by atoms with van der Waals surface area (Å²) in [6.07, 6.45) is 6.04. The average molecular weight is 136 g/mol. The first-order valence-electron chi connectivity index (χ1n) is 4.01. The van der Waals surface area contributed by atoms with Crippen molar-refractivity contribution < 1.29 is 0 Å². The van der Waals surface area contributed by atoms with Gasteiger partial charge in [-0.3, -0.25) is 0 Å². The summed E-state index contributed by atoms with van der Waals surface area (Å²) in [5, 5.41) is 8.74. The Hall–Kier alpha value is -0.710. The van der Waals surface area contributed by atoms with Crippen molar-refractivity contribution in [1.29, 1.82) is 5.26 Å². The smallest absolute Gasteiger partial charge is 0.179 e. The highest BCUT2D eigenvalue weighted by molar-refractivity contribution is 5.03. The van der Waals surface area contributed by atoms with E-state index in [0.717, 1.165) is 5.92 Å². The summed E-state index contributed by atoms with van der Waals surface area (Å²) in [5.41, 5.74) is 0. The summed E-state index contributed by atoms with van der Waals surface area (Å²) in [5.74, 6) is 0.762. The van der Waals surface area contributed by atoms with Gasteiger partial charge in [0.25, 0.3) is 0 Å². The number of hydrogen-bond donors (Lipinski definition) is 0. The lowest BCUT2D eigenvalue weighted by Crippen LogP contribution is -2.24. The number of nitrogens with zero attached hydrogens (tertiary/aromatic N) is 2. The largest absolute Gasteiger partial charge is 0.304 e. The molecule has 3 atom stereocenters. The fourth-order valence-corrected chi connectivity index (χ4v) is 2.44. The summed E-state index contributed by atoms with van der Waals surface area (Å²) in [6, 6.07) is 1.19. The second-order valence-corrected chi connectivity index (χ2v) is 3.52. The van der Waals surface area contributed by atoms with Crippen LogP contribution in [0.5, 0.6) is 0 Å². The van der Waals surface area contributed by atoms with E-state index < -0.39 is 0 Å². The molecule has 2 saturated heterocycles. The van der Waals surface area contributed by atoms with E-state index in [1.807, 2.05) is 4.90 Å². The Bertz CT molecular complexity index is 182. The highest BCUT2D eigenvalue weighted by Gasteiger charge is 2.43. The van der Waals surface area contributed by atoms with Crippen molar-refractivity contribution >= 4 is 0 Å². The zero-order chi connectivity index (χ0) is 7.14. The second kappa shape index (κ2) is 1.88. The third-order valence-electron chi connectivity index (χ3n) is 2.96. The van der Waals surface area contributed by atoms with E-state index in [9.17, 15) is 0 Å². The predicted molar refractivity (Wildman–Crippen MR) is 38.0 cm³/mol. The minimum atomic E-state index is 0.593. The third kappa shape index (κ3) is 0.581. The van der Waals surface area contributed by atoms with Gasteiger partial charge in [0.05, 0.1) is 0 Å². The van der Waals surface area contributed by atoms with Crippen LogP contribution >= 0.6 is 0 Å². The van der Waals surface area contributed by atoms with E-state index in [0.29, 0.717) is 12.1 Å². The van der Waals surface area contributed by atoms with Crippen molar-refractivity contribution in [2.45, 2.75) is 38.3 Å². The molecule has 0 N–H and O–H groups in total. The van der Waals surface area contributed by atoms with Gasteiger partial charge in [0, 0.05) is 12.1 Å². The van der Waals surface area contributed by atoms with Crippen molar-refractivity contribution in [3.8, 4) is 6.19 Å². The summed E-state index contributed by atoms with van der Waals surface area (Å²) in [6.45, 7) is 2.26. The molecular weight excluding hydrogens is 124 g/mol. The van der Waals surface area contributed by atoms with Crippen LogP contribution in [-0.2, 0) is 0 Å². The molecule has 0 spiro atoms. The molecule has 0 aromatic heterocycles. The molecule has 2 heteroatoms. The SMILES string of the molecule is CC1CC2CCC1N2C#N. The molecule has 0 amide bonds. The van der Waals surface area contributed by atoms with Crippen LogP contribution < -0.4 is 0 Å². The van der Waals surface area contributed by atoms with Gasteiger partial charge in [-0.2, -0.15) is 5.26 Å². The standard InChI is InChI=1S/C8H12N2/c1-6-4-7-2-3-8(6)10(7)5-9/h6-8H,2-4H2,1H3. The van der Waals surface area contributed by atoms with Crippen molar-refractivity contribution in [2.24, 2.45) is 5.92 Å². The zero-order valence-electron chi connectivity index (χ0n) is 6.25. The molecule has 10 heavy (non-hydrogen) atoms. The Morgan fingerprint density at radius 2 is 2.30 bits per heavy atom. The van der Waals surface area contributed by atoms with Gasteiger partial charge in [-0.1, -0.05) is 6.92 Å². The average Bonchev–Trinajstić information content (AvgIpc) is 2.42. The molecular formula is C8H12N2. The second-order valence-electron chi connectivity index (χ2n) is 3.52. The Morgan fingerprint density at radius 1 is 1.50 bits per heavy atom. The third-order valence-corrected chi connectivity index (χ3v) is 2.96. The van der Waals surface area contributed by atoms with Crippen molar-refractivity contribution in [3.05, 3.63) is 0 Å². The summed E-state index contributed by atoms with van der Waals surface area (Å²) in [4.78, 5) is 2.00. The van der Waals surface area contributed by atoms with Gasteiger partial charge in [-0.15, -0.1) is 0 Å². The maximum absolute atomic E-state index is 8.74. The fourth-order valence-electron chi connectivity index (χ4n) is 2.44. The number of rotatable bonds is 0. The summed E-state index contributed by atoms with van der Waals surface area (Å²) < 4.78 is 0. The predicted octanol–water partition coefficient (Wildman–Crippen LogP) is 1.34. The Labute approximate surface area is 61.4 Å². The lowest BCUT2D eigenvalue weighted by atomic mass is 9.91. The Kier molecular flexibility index (Phi) is 1.14. The van der Waals surface area contributed by atoms with Gasteiger partial charge in [0.15, 0.2) is 6.19 Å². The summed E-state index contributed by atoms with van der Waals surface area (Å²) >= 11 is 0. The Morgan fingerprint density at radius 3 is 2.60 bits per heavy atom. The molecule has 2 aliphatic heterocycles. The van der Waals surface area contributed by atoms with Gasteiger partial charge >= 0.3 is 0 Å². The molecule has 2 aliphatic rings. The molecule has 0 aromatic carbocycles. The zero-order valence-corrected chi connectivity index (χ0v) is 6.25. The van der Waals surface area contributed by atoms with Crippen LogP contribution in [0.2, 0.25) is 0 Å². The first kappa shape index (κ1) is 6.03. The van der Waals surface area contributed by atoms with Crippen LogP contribution in [0.3, 0.4) is 0 Å². The van der Waals surface area contributed by atoms with E-state index in [1.54, 1.807) is 0 Å². The molecule has 2 fully saturated rings. The van der Waals surface area contributed by atoms with Gasteiger partial charge in [0.1, 0.15) is 0 Å². The van der Waals surface area contributed by atoms with Gasteiger partial charge in [-0.25, -0.2) is 0 Å². The quantitative estimate of drug-likeness (QED) is 0.470. The molecule has 54 valence electrons. The van der Waals surface area contributed by atoms with Crippen LogP contribution in [-0.4, -0.2) is 17.0 Å². The molecule has 2 nitrogen and oxygen atoms in total. The minimum absolute atomic E-state index is 0.593. The highest BCUT2D eigenvalue weighted by atomic mass is 15.2. The van der Waals surface area contributed by atoms with Crippen molar-refractivity contribution in [1.82, 2.24) is 4.90 Å². The normalized spacial score (nSPS) is 44.0. The minimum Gasteiger partial charge on any atom is -0.304 e. The molecule has 2 bridgehead atoms. The van der Waals surface area contributed by atoms with Crippen molar-refractivity contribution in [2.75, 3.05) is 0 Å². The maximum Gasteiger partial charge on any atom is 0.179 e. The van der Waals surface area contributed by atoms with Crippen LogP contribution in [0, 0.1) is 17.4 Å². The van der Waals surface area contributed by atoms with Crippen molar-refractivity contribution in [3.63, 3.8) is 0 Å². The van der Waals surface area contributed by atoms with E-state index in [-0.39, 0.29) is 0 Å². The van der Waals surface area contributed by atoms with E-state index in [1.165, 1.54) is 19.3 Å². The first-order valence-corrected chi connectivity index (χ1v) is 4.01. The van der Waals surface area contributed by atoms with Gasteiger partial charge in [-0.05, 0) is 25.2 Å². The molecule has 0 aromatic rings. The van der Waals surface area contributed by atoms with E-state index in [4.69, 9.17) is 5.26 Å². The molecule has 2 heterocycles. The van der Waals surface area contributed by atoms with E-state index in [2.05, 4.69) is 13.1 Å². The molecule has 3 unspecified atom stereocenters. The van der Waals surface area contributed by atoms with Crippen LogP contribution in [0.25, 0.3) is 0 Å². The highest BCUT2D eigenvalue weighted by Crippen LogP contribution is 2.40. The topological polar surface area (TPSA) is 27.0 Å². The molecule has 2 rings (SSSR count). The van der Waals surface area contributed by atoms with Crippen LogP contribution in [0.4, 0.5) is 0 Å². The lowest BCUT2D eigenvalue weighted by molar-refractivity contribution is 0.347. The number of nitriles is 1. The Balaban J connectivity index is 2.20. The van der Waals surface area contributed by atoms with E-state index >= 15 is 0 Å². The number of hydrogen-bond acceptors (Lipinski definition) is 2. The lowest BCUT2D eigenvalue weighted by Gasteiger charge is -2.15. The first-order chi connectivity index (χ1) is 4.83. The summed E-state index contributed by atoms with van der Waals surface area (Å²) in [7, 11) is 0. The molecule has 0 radical (unpaired) electrons. The maximum atomic E-state index is 8.74. The monoisotopic (exact) mass is 136 g/mol. The van der Waals surface area contributed by atoms with Gasteiger partial charge < -0.3 is 4.90 Å². The fraction of sp³-hybridized carbons (Fsp3) is 0.875. The van der Waals surface area contributed by atoms with Gasteiger partial charge in [0.2, 0.25) is 0 Å². The molecule has 0 aliphatic carbocycles. The molecule has 0 saturated carbocycles. The number of fused-ring (bicyclic) bond motifs is 2.